The Hall–Kier alpha value is -1.36. The summed E-state index contributed by atoms with van der Waals surface area (Å²) in [5.41, 5.74) is 0. The van der Waals surface area contributed by atoms with E-state index in [4.69, 9.17) is 49.1 Å². The number of hydrogen-bond donors (Lipinski definition) is 1. The van der Waals surface area contributed by atoms with Gasteiger partial charge in [-0.3, -0.25) is 0 Å². The van der Waals surface area contributed by atoms with Gasteiger partial charge in [0.05, 0.1) is 10.0 Å². The summed E-state index contributed by atoms with van der Waals surface area (Å²) in [6, 6.07) is 5.83. The van der Waals surface area contributed by atoms with E-state index in [1.807, 2.05) is 0 Å². The first-order chi connectivity index (χ1) is 8.97. The molecule has 2 rings (SSSR count). The maximum Gasteiger partial charge on any atom is 0.371 e. The number of ether oxygens (including phenoxy) is 1. The van der Waals surface area contributed by atoms with Crippen molar-refractivity contribution in [3.63, 3.8) is 0 Å². The van der Waals surface area contributed by atoms with Crippen molar-refractivity contribution < 1.29 is 19.1 Å². The number of benzene rings is 1. The summed E-state index contributed by atoms with van der Waals surface area (Å²) in [4.78, 5) is 10.6. The number of rotatable bonds is 4. The van der Waals surface area contributed by atoms with Crippen molar-refractivity contribution in [2.45, 2.75) is 6.61 Å². The smallest absolute Gasteiger partial charge is 0.371 e. The van der Waals surface area contributed by atoms with E-state index in [0.29, 0.717) is 10.8 Å². The third-order valence-electron chi connectivity index (χ3n) is 2.19. The minimum absolute atomic E-state index is 0.00829. The number of halogens is 3. The van der Waals surface area contributed by atoms with Crippen molar-refractivity contribution in [3.8, 4) is 5.75 Å². The maximum absolute atomic E-state index is 10.6. The van der Waals surface area contributed by atoms with E-state index in [0.717, 1.165) is 0 Å². The summed E-state index contributed by atoms with van der Waals surface area (Å²) in [6.07, 6.45) is 0. The van der Waals surface area contributed by atoms with Crippen LogP contribution in [0.5, 0.6) is 5.75 Å². The Kier molecular flexibility index (Phi) is 4.24. The Morgan fingerprint density at radius 3 is 2.37 bits per heavy atom. The second-order valence-corrected chi connectivity index (χ2v) is 4.81. The van der Waals surface area contributed by atoms with E-state index in [1.54, 1.807) is 0 Å². The van der Waals surface area contributed by atoms with E-state index in [-0.39, 0.29) is 28.2 Å². The van der Waals surface area contributed by atoms with Gasteiger partial charge in [-0.15, -0.1) is 0 Å². The average molecular weight is 322 g/mol. The van der Waals surface area contributed by atoms with Crippen molar-refractivity contribution in [2.24, 2.45) is 0 Å². The minimum Gasteiger partial charge on any atom is -0.483 e. The van der Waals surface area contributed by atoms with Gasteiger partial charge >= 0.3 is 5.97 Å². The minimum atomic E-state index is -1.14. The Morgan fingerprint density at radius 2 is 1.84 bits per heavy atom. The van der Waals surface area contributed by atoms with Crippen LogP contribution in [-0.2, 0) is 6.61 Å². The number of carbonyl (C=O) groups is 1. The molecule has 0 bridgehead atoms. The number of carboxylic acid groups (broad SMARTS) is 1. The van der Waals surface area contributed by atoms with Crippen LogP contribution >= 0.6 is 34.8 Å². The molecule has 0 atom stereocenters. The van der Waals surface area contributed by atoms with Gasteiger partial charge in [-0.2, -0.15) is 0 Å². The van der Waals surface area contributed by atoms with E-state index in [1.165, 1.54) is 24.3 Å². The van der Waals surface area contributed by atoms with Crippen molar-refractivity contribution in [3.05, 3.63) is 50.9 Å². The molecule has 4 nitrogen and oxygen atoms in total. The molecule has 0 saturated carbocycles. The number of hydrogen-bond acceptors (Lipinski definition) is 3. The molecule has 1 heterocycles. The monoisotopic (exact) mass is 320 g/mol. The van der Waals surface area contributed by atoms with Crippen LogP contribution in [0.4, 0.5) is 0 Å². The standard InChI is InChI=1S/C12H7Cl3O4/c13-6-3-8(14)11(9(15)4-6)18-5-7-1-2-10(19-7)12(16)17/h1-4H,5H2,(H,16,17). The van der Waals surface area contributed by atoms with Gasteiger partial charge in [-0.05, 0) is 24.3 Å². The Morgan fingerprint density at radius 1 is 1.21 bits per heavy atom. The highest BCUT2D eigenvalue weighted by Crippen LogP contribution is 2.36. The zero-order chi connectivity index (χ0) is 14.0. The fraction of sp³-hybridized carbons (Fsp3) is 0.0833. The van der Waals surface area contributed by atoms with Gasteiger partial charge in [0.15, 0.2) is 5.75 Å². The van der Waals surface area contributed by atoms with E-state index in [2.05, 4.69) is 0 Å². The molecule has 0 spiro atoms. The highest BCUT2D eigenvalue weighted by molar-refractivity contribution is 6.40. The highest BCUT2D eigenvalue weighted by atomic mass is 35.5. The summed E-state index contributed by atoms with van der Waals surface area (Å²) in [5.74, 6) is -0.693. The maximum atomic E-state index is 10.6. The average Bonchev–Trinajstić information content (AvgIpc) is 2.76. The third-order valence-corrected chi connectivity index (χ3v) is 2.97. The highest BCUT2D eigenvalue weighted by Gasteiger charge is 2.12. The molecular formula is C12H7Cl3O4. The number of aromatic carboxylic acids is 1. The predicted octanol–water partition coefficient (Wildman–Crippen LogP) is 4.52. The van der Waals surface area contributed by atoms with Crippen LogP contribution in [0.3, 0.4) is 0 Å². The van der Waals surface area contributed by atoms with Crippen LogP contribution in [0, 0.1) is 0 Å². The summed E-state index contributed by atoms with van der Waals surface area (Å²) >= 11 is 17.6. The number of carboxylic acids is 1. The molecular weight excluding hydrogens is 314 g/mol. The van der Waals surface area contributed by atoms with E-state index in [9.17, 15) is 4.79 Å². The molecule has 19 heavy (non-hydrogen) atoms. The summed E-state index contributed by atoms with van der Waals surface area (Å²) in [7, 11) is 0. The molecule has 0 radical (unpaired) electrons. The SMILES string of the molecule is O=C(O)c1ccc(COc2c(Cl)cc(Cl)cc2Cl)o1. The van der Waals surface area contributed by atoms with Crippen LogP contribution in [0.2, 0.25) is 15.1 Å². The van der Waals surface area contributed by atoms with Gasteiger partial charge in [0, 0.05) is 5.02 Å². The molecule has 0 fully saturated rings. The van der Waals surface area contributed by atoms with Gasteiger partial charge in [0.1, 0.15) is 12.4 Å². The molecule has 0 aliphatic carbocycles. The molecule has 0 aliphatic rings. The largest absolute Gasteiger partial charge is 0.483 e. The molecule has 1 aromatic heterocycles. The second-order valence-electron chi connectivity index (χ2n) is 3.56. The first-order valence-corrected chi connectivity index (χ1v) is 6.20. The first kappa shape index (κ1) is 14.1. The summed E-state index contributed by atoms with van der Waals surface area (Å²) in [5, 5.41) is 9.64. The third kappa shape index (κ3) is 3.35. The molecule has 1 aromatic carbocycles. The molecule has 100 valence electrons. The molecule has 0 aliphatic heterocycles. The van der Waals surface area contributed by atoms with Crippen LogP contribution < -0.4 is 4.74 Å². The molecule has 1 N–H and O–H groups in total. The molecule has 0 saturated heterocycles. The second kappa shape index (κ2) is 5.74. The number of furan rings is 1. The molecule has 0 amide bonds. The fourth-order valence-electron chi connectivity index (χ4n) is 1.38. The molecule has 7 heteroatoms. The van der Waals surface area contributed by atoms with Gasteiger partial charge < -0.3 is 14.3 Å². The Bertz CT molecular complexity index is 598. The lowest BCUT2D eigenvalue weighted by Crippen LogP contribution is -1.96. The summed E-state index contributed by atoms with van der Waals surface area (Å²) < 4.78 is 10.4. The van der Waals surface area contributed by atoms with Crippen LogP contribution in [-0.4, -0.2) is 11.1 Å². The van der Waals surface area contributed by atoms with Crippen molar-refractivity contribution >= 4 is 40.8 Å². The van der Waals surface area contributed by atoms with Gasteiger partial charge in [-0.1, -0.05) is 34.8 Å². The van der Waals surface area contributed by atoms with Gasteiger partial charge in [-0.25, -0.2) is 4.79 Å². The first-order valence-electron chi connectivity index (χ1n) is 5.06. The fourth-order valence-corrected chi connectivity index (χ4v) is 2.31. The lowest BCUT2D eigenvalue weighted by atomic mass is 10.3. The van der Waals surface area contributed by atoms with E-state index < -0.39 is 5.97 Å². The van der Waals surface area contributed by atoms with Crippen LogP contribution in [0.15, 0.2) is 28.7 Å². The quantitative estimate of drug-likeness (QED) is 0.899. The topological polar surface area (TPSA) is 59.7 Å². The Balaban J connectivity index is 2.12. The van der Waals surface area contributed by atoms with Crippen molar-refractivity contribution in [1.82, 2.24) is 0 Å². The van der Waals surface area contributed by atoms with E-state index >= 15 is 0 Å². The molecule has 0 unspecified atom stereocenters. The Labute approximate surface area is 123 Å². The van der Waals surface area contributed by atoms with Gasteiger partial charge in [0.25, 0.3) is 0 Å². The lowest BCUT2D eigenvalue weighted by Gasteiger charge is -2.08. The van der Waals surface area contributed by atoms with Crippen molar-refractivity contribution in [2.75, 3.05) is 0 Å². The summed E-state index contributed by atoms with van der Waals surface area (Å²) in [6.45, 7) is 0.00829. The zero-order valence-electron chi connectivity index (χ0n) is 9.32. The van der Waals surface area contributed by atoms with Crippen molar-refractivity contribution in [1.29, 1.82) is 0 Å². The zero-order valence-corrected chi connectivity index (χ0v) is 11.6. The van der Waals surface area contributed by atoms with Crippen LogP contribution in [0.25, 0.3) is 0 Å². The predicted molar refractivity (Wildman–Crippen MR) is 71.5 cm³/mol. The van der Waals surface area contributed by atoms with Crippen LogP contribution in [0.1, 0.15) is 16.3 Å². The van der Waals surface area contributed by atoms with Gasteiger partial charge in [0.2, 0.25) is 5.76 Å². The molecule has 2 aromatic rings. The normalized spacial score (nSPS) is 10.5. The lowest BCUT2D eigenvalue weighted by molar-refractivity contribution is 0.0658.